The average molecular weight is 439 g/mol. The quantitative estimate of drug-likeness (QED) is 0.424. The van der Waals surface area contributed by atoms with E-state index in [1.807, 2.05) is 0 Å². The second kappa shape index (κ2) is 6.91. The van der Waals surface area contributed by atoms with Crippen LogP contribution in [-0.4, -0.2) is 5.11 Å². The number of allylic oxidation sites excluding steroid dienone is 3. The zero-order valence-electron chi connectivity index (χ0n) is 22.2. The van der Waals surface area contributed by atoms with E-state index < -0.39 is 0 Å². The Morgan fingerprint density at radius 3 is 2.38 bits per heavy atom. The first kappa shape index (κ1) is 23.0. The summed E-state index contributed by atoms with van der Waals surface area (Å²) in [6.07, 6.45) is 15.4. The molecule has 180 valence electrons. The lowest BCUT2D eigenvalue weighted by molar-refractivity contribution is -0.134. The van der Waals surface area contributed by atoms with E-state index >= 15 is 0 Å². The minimum Gasteiger partial charge on any atom is -0.512 e. The molecule has 32 heavy (non-hydrogen) atoms. The molecular weight excluding hydrogens is 388 g/mol. The normalized spacial score (nSPS) is 49.4. The van der Waals surface area contributed by atoms with Gasteiger partial charge < -0.3 is 5.11 Å². The molecule has 0 unspecified atom stereocenters. The number of hydrogen-bond acceptors (Lipinski definition) is 1. The van der Waals surface area contributed by atoms with Gasteiger partial charge in [0.1, 0.15) is 0 Å². The predicted octanol–water partition coefficient (Wildman–Crippen LogP) is 9.11. The van der Waals surface area contributed by atoms with Crippen molar-refractivity contribution in [1.82, 2.24) is 0 Å². The van der Waals surface area contributed by atoms with Crippen LogP contribution in [0, 0.1) is 56.7 Å². The Morgan fingerprint density at radius 1 is 1.00 bits per heavy atom. The summed E-state index contributed by atoms with van der Waals surface area (Å²) < 4.78 is 0. The number of aliphatic hydroxyl groups is 1. The highest BCUT2D eigenvalue weighted by molar-refractivity contribution is 5.38. The van der Waals surface area contributed by atoms with E-state index in [1.165, 1.54) is 63.4 Å². The third kappa shape index (κ3) is 2.63. The van der Waals surface area contributed by atoms with Gasteiger partial charge >= 0.3 is 0 Å². The Morgan fingerprint density at radius 2 is 1.69 bits per heavy atom. The lowest BCUT2D eigenvalue weighted by Gasteiger charge is -2.62. The fourth-order valence-electron chi connectivity index (χ4n) is 10.7. The van der Waals surface area contributed by atoms with Gasteiger partial charge in [0.05, 0.1) is 5.76 Å². The van der Waals surface area contributed by atoms with Gasteiger partial charge in [0.25, 0.3) is 0 Å². The van der Waals surface area contributed by atoms with Crippen molar-refractivity contribution >= 4 is 0 Å². The van der Waals surface area contributed by atoms with Gasteiger partial charge in [-0.3, -0.25) is 0 Å². The highest BCUT2D eigenvalue weighted by atomic mass is 16.3. The summed E-state index contributed by atoms with van der Waals surface area (Å²) in [5, 5.41) is 11.3. The molecule has 8 atom stereocenters. The van der Waals surface area contributed by atoms with Gasteiger partial charge in [-0.25, -0.2) is 0 Å². The molecule has 4 saturated carbocycles. The molecule has 5 aliphatic rings. The highest BCUT2D eigenvalue weighted by Crippen LogP contribution is 2.89. The van der Waals surface area contributed by atoms with E-state index in [4.69, 9.17) is 0 Å². The topological polar surface area (TPSA) is 20.2 Å². The van der Waals surface area contributed by atoms with Gasteiger partial charge in [0.15, 0.2) is 0 Å². The van der Waals surface area contributed by atoms with Gasteiger partial charge in [-0.05, 0) is 122 Å². The molecule has 2 spiro atoms. The molecule has 0 amide bonds. The van der Waals surface area contributed by atoms with E-state index in [0.717, 1.165) is 29.9 Å². The van der Waals surface area contributed by atoms with Crippen LogP contribution in [0.5, 0.6) is 0 Å². The molecule has 0 saturated heterocycles. The Hall–Kier alpha value is -0.720. The molecule has 4 fully saturated rings. The van der Waals surface area contributed by atoms with E-state index in [9.17, 15) is 5.11 Å². The summed E-state index contributed by atoms with van der Waals surface area (Å²) in [5.41, 5.74) is 3.20. The minimum absolute atomic E-state index is 0.126. The first-order valence-electron chi connectivity index (χ1n) is 13.9. The monoisotopic (exact) mass is 438 g/mol. The smallest absolute Gasteiger partial charge is 0.0953 e. The Labute approximate surface area is 198 Å². The third-order valence-corrected chi connectivity index (χ3v) is 13.0. The van der Waals surface area contributed by atoms with Crippen molar-refractivity contribution in [2.24, 2.45) is 56.7 Å². The molecule has 5 rings (SSSR count). The van der Waals surface area contributed by atoms with Crippen LogP contribution >= 0.6 is 0 Å². The summed E-state index contributed by atoms with van der Waals surface area (Å²) in [5.74, 6) is 4.54. The van der Waals surface area contributed by atoms with Gasteiger partial charge in [0, 0.05) is 5.41 Å². The summed E-state index contributed by atoms with van der Waals surface area (Å²) in [4.78, 5) is 0. The zero-order valence-corrected chi connectivity index (χ0v) is 22.2. The molecule has 1 N–H and O–H groups in total. The maximum absolute atomic E-state index is 11.3. The van der Waals surface area contributed by atoms with Gasteiger partial charge in [-0.15, -0.1) is 0 Å². The summed E-state index contributed by atoms with van der Waals surface area (Å²) >= 11 is 0. The molecule has 0 radical (unpaired) electrons. The van der Waals surface area contributed by atoms with E-state index in [1.54, 1.807) is 0 Å². The maximum atomic E-state index is 11.3. The largest absolute Gasteiger partial charge is 0.512 e. The second-order valence-corrected chi connectivity index (χ2v) is 14.6. The molecule has 0 aromatic heterocycles. The molecule has 0 aromatic carbocycles. The van der Waals surface area contributed by atoms with Crippen molar-refractivity contribution in [3.05, 3.63) is 24.0 Å². The van der Waals surface area contributed by atoms with Crippen molar-refractivity contribution in [1.29, 1.82) is 0 Å². The number of fused-ring (bicyclic) bond motifs is 2. The molecule has 0 bridgehead atoms. The van der Waals surface area contributed by atoms with E-state index in [-0.39, 0.29) is 5.41 Å². The average Bonchev–Trinajstić information content (AvgIpc) is 3.34. The molecule has 0 aliphatic heterocycles. The Bertz CT molecular complexity index is 833. The van der Waals surface area contributed by atoms with E-state index in [2.05, 4.69) is 61.1 Å². The first-order valence-corrected chi connectivity index (χ1v) is 13.9. The van der Waals surface area contributed by atoms with E-state index in [0.29, 0.717) is 33.5 Å². The fourth-order valence-corrected chi connectivity index (χ4v) is 10.7. The Kier molecular flexibility index (Phi) is 4.98. The van der Waals surface area contributed by atoms with Crippen LogP contribution in [-0.2, 0) is 0 Å². The minimum atomic E-state index is 0.126. The van der Waals surface area contributed by atoms with Gasteiger partial charge in [-0.1, -0.05) is 60.6 Å². The molecule has 1 heteroatoms. The second-order valence-electron chi connectivity index (χ2n) is 14.6. The zero-order chi connectivity index (χ0) is 23.3. The van der Waals surface area contributed by atoms with Gasteiger partial charge in [0.2, 0.25) is 0 Å². The van der Waals surface area contributed by atoms with Crippen LogP contribution in [0.4, 0.5) is 0 Å². The summed E-state index contributed by atoms with van der Waals surface area (Å²) in [6, 6.07) is 0. The lowest BCUT2D eigenvalue weighted by Crippen LogP contribution is -2.56. The molecule has 5 aliphatic carbocycles. The van der Waals surface area contributed by atoms with Crippen molar-refractivity contribution in [3.63, 3.8) is 0 Å². The van der Waals surface area contributed by atoms with Crippen molar-refractivity contribution in [3.8, 4) is 0 Å². The van der Waals surface area contributed by atoms with Crippen molar-refractivity contribution in [2.45, 2.75) is 113 Å². The van der Waals surface area contributed by atoms with Gasteiger partial charge in [-0.2, -0.15) is 0 Å². The highest BCUT2D eigenvalue weighted by Gasteiger charge is 2.83. The SMILES string of the molecule is C=C(CC[C@@H](C)[C@H]1CC[C@]2(C)[C@@H]3CC[C@H]4C(C)(C)CC=C(O)[C@]45C[C@]35CC[C@@]12C)C(C)C. The summed E-state index contributed by atoms with van der Waals surface area (Å²) in [7, 11) is 0. The van der Waals surface area contributed by atoms with Crippen LogP contribution in [0.15, 0.2) is 24.0 Å². The number of aliphatic hydroxyl groups excluding tert-OH is 1. The predicted molar refractivity (Wildman–Crippen MR) is 135 cm³/mol. The van der Waals surface area contributed by atoms with Crippen LogP contribution in [0.25, 0.3) is 0 Å². The molecule has 1 nitrogen and oxygen atoms in total. The third-order valence-electron chi connectivity index (χ3n) is 13.0. The number of hydrogen-bond donors (Lipinski definition) is 1. The van der Waals surface area contributed by atoms with Crippen molar-refractivity contribution < 1.29 is 5.11 Å². The van der Waals surface area contributed by atoms with Crippen LogP contribution < -0.4 is 0 Å². The van der Waals surface area contributed by atoms with Crippen molar-refractivity contribution in [2.75, 3.05) is 0 Å². The molecule has 0 heterocycles. The van der Waals surface area contributed by atoms with Crippen LogP contribution in [0.2, 0.25) is 0 Å². The maximum Gasteiger partial charge on any atom is 0.0953 e. The van der Waals surface area contributed by atoms with Crippen LogP contribution in [0.3, 0.4) is 0 Å². The summed E-state index contributed by atoms with van der Waals surface area (Å²) in [6.45, 7) is 21.8. The standard InChI is InChI=1S/C31H50O/c1-20(2)21(3)9-10-22(4)23-13-16-29(8)25-12-11-24-27(5,6)15-14-26(32)31(24)19-30(25,31)18-17-28(23,29)7/h14,20,22-25,32H,3,9-13,15-19H2,1-2,4-8H3/t22-,23-,24+,25+,28+,29-,30-,31+/m1/s1. The molecule has 0 aromatic rings. The first-order chi connectivity index (χ1) is 14.9. The number of rotatable bonds is 5. The fraction of sp³-hybridized carbons (Fsp3) is 0.871. The molecular formula is C31H50O. The van der Waals surface area contributed by atoms with Crippen LogP contribution in [0.1, 0.15) is 113 Å². The lowest BCUT2D eigenvalue weighted by atomic mass is 9.42. The Balaban J connectivity index is 1.42.